The van der Waals surface area contributed by atoms with Crippen LogP contribution in [0.2, 0.25) is 0 Å². The third-order valence-electron chi connectivity index (χ3n) is 4.08. The van der Waals surface area contributed by atoms with E-state index in [0.29, 0.717) is 11.4 Å². The molecule has 1 aromatic heterocycles. The minimum atomic E-state index is -0.293. The van der Waals surface area contributed by atoms with Gasteiger partial charge in [0, 0.05) is 18.5 Å². The van der Waals surface area contributed by atoms with Crippen molar-refractivity contribution in [3.63, 3.8) is 0 Å². The molecule has 1 N–H and O–H groups in total. The average molecular weight is 265 g/mol. The number of methoxy groups -OCH3 is 1. The molecule has 0 spiro atoms. The number of carbonyl (C=O) groups excluding carboxylic acids is 1. The molecule has 1 aliphatic heterocycles. The number of hydrogen-bond acceptors (Lipinski definition) is 4. The summed E-state index contributed by atoms with van der Waals surface area (Å²) in [5, 5.41) is 7.59. The lowest BCUT2D eigenvalue weighted by Crippen LogP contribution is -2.34. The van der Waals surface area contributed by atoms with E-state index in [4.69, 9.17) is 4.74 Å². The number of nitrogens with zero attached hydrogens (tertiary/aromatic N) is 2. The maximum Gasteiger partial charge on any atom is 0.192 e. The fraction of sp³-hybridized carbons (Fsp3) is 0.714. The molecule has 1 aromatic rings. The Hall–Kier alpha value is -1.36. The number of hydrogen-bond donors (Lipinski definition) is 1. The topological polar surface area (TPSA) is 56.2 Å². The van der Waals surface area contributed by atoms with E-state index in [1.807, 2.05) is 0 Å². The van der Waals surface area contributed by atoms with Gasteiger partial charge in [0.05, 0.1) is 13.3 Å². The van der Waals surface area contributed by atoms with Crippen LogP contribution >= 0.6 is 0 Å². The van der Waals surface area contributed by atoms with Gasteiger partial charge in [0.25, 0.3) is 0 Å². The number of ketones is 1. The van der Waals surface area contributed by atoms with Crippen LogP contribution in [0.5, 0.6) is 5.75 Å². The zero-order chi connectivity index (χ0) is 13.9. The van der Waals surface area contributed by atoms with Crippen LogP contribution in [0.25, 0.3) is 0 Å². The van der Waals surface area contributed by atoms with Gasteiger partial charge in [0.2, 0.25) is 0 Å². The van der Waals surface area contributed by atoms with Crippen molar-refractivity contribution in [2.75, 3.05) is 20.2 Å². The van der Waals surface area contributed by atoms with Gasteiger partial charge in [0.15, 0.2) is 11.5 Å². The van der Waals surface area contributed by atoms with E-state index in [-0.39, 0.29) is 11.2 Å². The second kappa shape index (κ2) is 5.74. The first-order valence-corrected chi connectivity index (χ1v) is 7.04. The van der Waals surface area contributed by atoms with Crippen LogP contribution in [-0.4, -0.2) is 35.8 Å². The summed E-state index contributed by atoms with van der Waals surface area (Å²) in [6.07, 6.45) is 4.33. The maximum atomic E-state index is 13.0. The van der Waals surface area contributed by atoms with Crippen LogP contribution in [-0.2, 0) is 6.54 Å². The van der Waals surface area contributed by atoms with E-state index in [9.17, 15) is 4.79 Å². The molecule has 2 rings (SSSR count). The van der Waals surface area contributed by atoms with Crippen LogP contribution in [0, 0.1) is 5.41 Å². The largest absolute Gasteiger partial charge is 0.493 e. The van der Waals surface area contributed by atoms with E-state index in [1.165, 1.54) is 0 Å². The number of aromatic nitrogens is 2. The Morgan fingerprint density at radius 2 is 2.37 bits per heavy atom. The number of carbonyl (C=O) groups is 1. The summed E-state index contributed by atoms with van der Waals surface area (Å²) in [5.41, 5.74) is 0.341. The number of ether oxygens (including phenoxy) is 1. The summed E-state index contributed by atoms with van der Waals surface area (Å²) >= 11 is 0. The highest BCUT2D eigenvalue weighted by atomic mass is 16.5. The minimum Gasteiger partial charge on any atom is -0.493 e. The summed E-state index contributed by atoms with van der Waals surface area (Å²) in [6, 6.07) is 0. The fourth-order valence-electron chi connectivity index (χ4n) is 2.78. The molecule has 0 saturated carbocycles. The van der Waals surface area contributed by atoms with E-state index >= 15 is 0 Å². The summed E-state index contributed by atoms with van der Waals surface area (Å²) < 4.78 is 7.11. The molecule has 0 aromatic carbocycles. The predicted molar refractivity (Wildman–Crippen MR) is 73.6 cm³/mol. The van der Waals surface area contributed by atoms with Crippen LogP contribution in [0.4, 0.5) is 0 Å². The standard InChI is InChI=1S/C14H23N3O2/c1-4-8-17-12(11(19-3)9-16-17)13(18)14(5-2)6-7-15-10-14/h9,15H,4-8,10H2,1-3H3. The summed E-state index contributed by atoms with van der Waals surface area (Å²) in [7, 11) is 1.59. The van der Waals surface area contributed by atoms with Gasteiger partial charge in [-0.15, -0.1) is 0 Å². The zero-order valence-electron chi connectivity index (χ0n) is 12.0. The molecule has 5 heteroatoms. The summed E-state index contributed by atoms with van der Waals surface area (Å²) in [5.74, 6) is 0.765. The van der Waals surface area contributed by atoms with Gasteiger partial charge in [-0.2, -0.15) is 5.10 Å². The number of nitrogens with one attached hydrogen (secondary N) is 1. The summed E-state index contributed by atoms with van der Waals surface area (Å²) in [4.78, 5) is 13.0. The van der Waals surface area contributed by atoms with Gasteiger partial charge in [-0.1, -0.05) is 13.8 Å². The van der Waals surface area contributed by atoms with Crippen molar-refractivity contribution in [2.24, 2.45) is 5.41 Å². The van der Waals surface area contributed by atoms with Crippen LogP contribution < -0.4 is 10.1 Å². The fourth-order valence-corrected chi connectivity index (χ4v) is 2.78. The van der Waals surface area contributed by atoms with Crippen molar-refractivity contribution in [1.82, 2.24) is 15.1 Å². The molecular weight excluding hydrogens is 242 g/mol. The number of Topliss-reactive ketones (excluding diaryl/α,β-unsaturated/α-hetero) is 1. The Kier molecular flexibility index (Phi) is 4.24. The molecule has 0 radical (unpaired) electrons. The Labute approximate surface area is 114 Å². The molecule has 1 unspecified atom stereocenters. The van der Waals surface area contributed by atoms with E-state index in [2.05, 4.69) is 24.3 Å². The average Bonchev–Trinajstić information content (AvgIpc) is 3.05. The molecule has 0 amide bonds. The van der Waals surface area contributed by atoms with Gasteiger partial charge < -0.3 is 10.1 Å². The van der Waals surface area contributed by atoms with Gasteiger partial charge in [-0.05, 0) is 25.8 Å². The van der Waals surface area contributed by atoms with Crippen LogP contribution in [0.1, 0.15) is 43.6 Å². The molecule has 0 aliphatic carbocycles. The van der Waals surface area contributed by atoms with Crippen LogP contribution in [0.3, 0.4) is 0 Å². The van der Waals surface area contributed by atoms with Gasteiger partial charge in [0.1, 0.15) is 5.69 Å². The molecule has 19 heavy (non-hydrogen) atoms. The molecule has 2 heterocycles. The van der Waals surface area contributed by atoms with Crippen molar-refractivity contribution in [3.8, 4) is 5.75 Å². The molecule has 1 saturated heterocycles. The van der Waals surface area contributed by atoms with Gasteiger partial charge in [-0.3, -0.25) is 9.48 Å². The highest BCUT2D eigenvalue weighted by Crippen LogP contribution is 2.36. The van der Waals surface area contributed by atoms with E-state index in [0.717, 1.165) is 38.9 Å². The third kappa shape index (κ3) is 2.39. The van der Waals surface area contributed by atoms with E-state index in [1.54, 1.807) is 18.0 Å². The Balaban J connectivity index is 2.39. The number of aryl methyl sites for hydroxylation is 1. The van der Waals surface area contributed by atoms with Crippen molar-refractivity contribution in [1.29, 1.82) is 0 Å². The maximum absolute atomic E-state index is 13.0. The summed E-state index contributed by atoms with van der Waals surface area (Å²) in [6.45, 7) is 6.57. The molecule has 1 fully saturated rings. The molecule has 106 valence electrons. The SMILES string of the molecule is CCCn1ncc(OC)c1C(=O)C1(CC)CCNC1. The van der Waals surface area contributed by atoms with Gasteiger partial charge >= 0.3 is 0 Å². The normalized spacial score (nSPS) is 22.7. The molecule has 1 atom stereocenters. The van der Waals surface area contributed by atoms with Crippen molar-refractivity contribution in [2.45, 2.75) is 39.7 Å². The van der Waals surface area contributed by atoms with Crippen molar-refractivity contribution < 1.29 is 9.53 Å². The second-order valence-corrected chi connectivity index (χ2v) is 5.17. The lowest BCUT2D eigenvalue weighted by molar-refractivity contribution is 0.0794. The van der Waals surface area contributed by atoms with Gasteiger partial charge in [-0.25, -0.2) is 0 Å². The lowest BCUT2D eigenvalue weighted by Gasteiger charge is -2.25. The molecular formula is C14H23N3O2. The highest BCUT2D eigenvalue weighted by molar-refractivity contribution is 6.01. The predicted octanol–water partition coefficient (Wildman–Crippen LogP) is 1.87. The quantitative estimate of drug-likeness (QED) is 0.798. The monoisotopic (exact) mass is 265 g/mol. The molecule has 5 nitrogen and oxygen atoms in total. The minimum absolute atomic E-state index is 0.169. The second-order valence-electron chi connectivity index (χ2n) is 5.17. The molecule has 0 bridgehead atoms. The smallest absolute Gasteiger partial charge is 0.192 e. The van der Waals surface area contributed by atoms with E-state index < -0.39 is 0 Å². The number of rotatable bonds is 6. The zero-order valence-corrected chi connectivity index (χ0v) is 12.0. The first-order chi connectivity index (χ1) is 9.18. The van der Waals surface area contributed by atoms with Crippen molar-refractivity contribution in [3.05, 3.63) is 11.9 Å². The highest BCUT2D eigenvalue weighted by Gasteiger charge is 2.42. The first kappa shape index (κ1) is 14.1. The Bertz CT molecular complexity index is 448. The first-order valence-electron chi connectivity index (χ1n) is 7.04. The van der Waals surface area contributed by atoms with Crippen molar-refractivity contribution >= 4 is 5.78 Å². The Morgan fingerprint density at radius 1 is 1.58 bits per heavy atom. The lowest BCUT2D eigenvalue weighted by atomic mass is 9.78. The Morgan fingerprint density at radius 3 is 2.89 bits per heavy atom. The van der Waals surface area contributed by atoms with Crippen LogP contribution in [0.15, 0.2) is 6.20 Å². The molecule has 1 aliphatic rings. The third-order valence-corrected chi connectivity index (χ3v) is 4.08.